The molecular formula is C15H19N3O. The zero-order chi connectivity index (χ0) is 13.7. The van der Waals surface area contributed by atoms with Crippen molar-refractivity contribution in [2.75, 3.05) is 0 Å². The number of rotatable bonds is 5. The molecule has 4 nitrogen and oxygen atoms in total. The van der Waals surface area contributed by atoms with Crippen molar-refractivity contribution < 1.29 is 4.74 Å². The SMILES string of the molecule is CCC(C)c1ccccc1Oc1nccc(CN)n1. The van der Waals surface area contributed by atoms with Crippen molar-refractivity contribution in [2.45, 2.75) is 32.7 Å². The minimum Gasteiger partial charge on any atom is -0.424 e. The molecule has 1 unspecified atom stereocenters. The van der Waals surface area contributed by atoms with Gasteiger partial charge in [-0.3, -0.25) is 0 Å². The molecule has 19 heavy (non-hydrogen) atoms. The second kappa shape index (κ2) is 6.29. The van der Waals surface area contributed by atoms with Crippen LogP contribution in [0.25, 0.3) is 0 Å². The van der Waals surface area contributed by atoms with E-state index in [2.05, 4.69) is 29.9 Å². The molecule has 1 aromatic heterocycles. The van der Waals surface area contributed by atoms with Crippen molar-refractivity contribution in [2.24, 2.45) is 5.73 Å². The summed E-state index contributed by atoms with van der Waals surface area (Å²) in [6, 6.07) is 10.1. The lowest BCUT2D eigenvalue weighted by Crippen LogP contribution is -2.03. The molecule has 1 aromatic carbocycles. The summed E-state index contributed by atoms with van der Waals surface area (Å²) in [5, 5.41) is 0. The van der Waals surface area contributed by atoms with Gasteiger partial charge in [-0.1, -0.05) is 32.0 Å². The maximum atomic E-state index is 5.80. The van der Waals surface area contributed by atoms with Crippen molar-refractivity contribution in [3.63, 3.8) is 0 Å². The van der Waals surface area contributed by atoms with Crippen LogP contribution >= 0.6 is 0 Å². The van der Waals surface area contributed by atoms with E-state index in [1.54, 1.807) is 12.3 Å². The standard InChI is InChI=1S/C15H19N3O/c1-3-11(2)13-6-4-5-7-14(13)19-15-17-9-8-12(10-16)18-15/h4-9,11H,3,10,16H2,1-2H3. The van der Waals surface area contributed by atoms with E-state index in [0.29, 0.717) is 18.5 Å². The van der Waals surface area contributed by atoms with Crippen molar-refractivity contribution in [1.29, 1.82) is 0 Å². The third kappa shape index (κ3) is 3.29. The Morgan fingerprint density at radius 2 is 2.05 bits per heavy atom. The first-order valence-corrected chi connectivity index (χ1v) is 6.53. The minimum absolute atomic E-state index is 0.346. The van der Waals surface area contributed by atoms with Crippen LogP contribution in [0.4, 0.5) is 0 Å². The van der Waals surface area contributed by atoms with Crippen LogP contribution < -0.4 is 10.5 Å². The van der Waals surface area contributed by atoms with E-state index >= 15 is 0 Å². The predicted octanol–water partition coefficient (Wildman–Crippen LogP) is 3.24. The lowest BCUT2D eigenvalue weighted by atomic mass is 9.98. The fraction of sp³-hybridized carbons (Fsp3) is 0.333. The summed E-state index contributed by atoms with van der Waals surface area (Å²) in [5.41, 5.74) is 7.51. The molecule has 0 bridgehead atoms. The highest BCUT2D eigenvalue weighted by molar-refractivity contribution is 5.37. The first-order valence-electron chi connectivity index (χ1n) is 6.53. The van der Waals surface area contributed by atoms with Gasteiger partial charge < -0.3 is 10.5 Å². The molecule has 0 spiro atoms. The zero-order valence-corrected chi connectivity index (χ0v) is 11.3. The van der Waals surface area contributed by atoms with Gasteiger partial charge in [0.2, 0.25) is 0 Å². The van der Waals surface area contributed by atoms with Crippen molar-refractivity contribution in [3.05, 3.63) is 47.8 Å². The number of benzene rings is 1. The quantitative estimate of drug-likeness (QED) is 0.893. The van der Waals surface area contributed by atoms with Crippen LogP contribution in [0.2, 0.25) is 0 Å². The van der Waals surface area contributed by atoms with E-state index < -0.39 is 0 Å². The number of hydrogen-bond acceptors (Lipinski definition) is 4. The first kappa shape index (κ1) is 13.5. The van der Waals surface area contributed by atoms with E-state index in [4.69, 9.17) is 10.5 Å². The van der Waals surface area contributed by atoms with Crippen molar-refractivity contribution in [3.8, 4) is 11.8 Å². The number of aromatic nitrogens is 2. The smallest absolute Gasteiger partial charge is 0.322 e. The topological polar surface area (TPSA) is 61.0 Å². The summed E-state index contributed by atoms with van der Waals surface area (Å²) in [5.74, 6) is 1.25. The highest BCUT2D eigenvalue weighted by Crippen LogP contribution is 2.30. The Hall–Kier alpha value is -1.94. The Morgan fingerprint density at radius 3 is 2.79 bits per heavy atom. The molecule has 0 saturated carbocycles. The first-order chi connectivity index (χ1) is 9.24. The molecule has 0 aliphatic carbocycles. The number of hydrogen-bond donors (Lipinski definition) is 1. The minimum atomic E-state index is 0.346. The van der Waals surface area contributed by atoms with E-state index in [-0.39, 0.29) is 0 Å². The van der Waals surface area contributed by atoms with Crippen molar-refractivity contribution >= 4 is 0 Å². The molecule has 0 aliphatic rings. The second-order valence-corrected chi connectivity index (χ2v) is 4.48. The van der Waals surface area contributed by atoms with Gasteiger partial charge in [-0.05, 0) is 30.0 Å². The number of para-hydroxylation sites is 1. The van der Waals surface area contributed by atoms with Crippen molar-refractivity contribution in [1.82, 2.24) is 9.97 Å². The fourth-order valence-electron chi connectivity index (χ4n) is 1.84. The highest BCUT2D eigenvalue weighted by Gasteiger charge is 2.11. The van der Waals surface area contributed by atoms with Crippen LogP contribution in [0.1, 0.15) is 37.4 Å². The molecule has 1 atom stereocenters. The Balaban J connectivity index is 2.27. The Morgan fingerprint density at radius 1 is 1.26 bits per heavy atom. The molecule has 2 rings (SSSR count). The van der Waals surface area contributed by atoms with Crippen LogP contribution in [-0.4, -0.2) is 9.97 Å². The Bertz CT molecular complexity index is 542. The maximum Gasteiger partial charge on any atom is 0.322 e. The van der Waals surface area contributed by atoms with Gasteiger partial charge in [-0.2, -0.15) is 4.98 Å². The predicted molar refractivity (Wildman–Crippen MR) is 75.1 cm³/mol. The number of nitrogens with zero attached hydrogens (tertiary/aromatic N) is 2. The monoisotopic (exact) mass is 257 g/mol. The van der Waals surface area contributed by atoms with Gasteiger partial charge in [0, 0.05) is 12.7 Å². The molecule has 0 amide bonds. The summed E-state index contributed by atoms with van der Waals surface area (Å²) in [4.78, 5) is 8.37. The fourth-order valence-corrected chi connectivity index (χ4v) is 1.84. The van der Waals surface area contributed by atoms with Gasteiger partial charge in [0.1, 0.15) is 5.75 Å². The maximum absolute atomic E-state index is 5.80. The summed E-state index contributed by atoms with van der Waals surface area (Å²) < 4.78 is 5.80. The third-order valence-corrected chi connectivity index (χ3v) is 3.16. The summed E-state index contributed by atoms with van der Waals surface area (Å²) in [6.45, 7) is 4.72. The second-order valence-electron chi connectivity index (χ2n) is 4.48. The van der Waals surface area contributed by atoms with Gasteiger partial charge in [0.25, 0.3) is 0 Å². The molecule has 100 valence electrons. The van der Waals surface area contributed by atoms with E-state index in [0.717, 1.165) is 17.9 Å². The molecular weight excluding hydrogens is 238 g/mol. The molecule has 0 aliphatic heterocycles. The Labute approximate surface area is 113 Å². The van der Waals surface area contributed by atoms with Gasteiger partial charge in [-0.15, -0.1) is 0 Å². The van der Waals surface area contributed by atoms with Crippen LogP contribution in [0.5, 0.6) is 11.8 Å². The van der Waals surface area contributed by atoms with Crippen LogP contribution in [0.3, 0.4) is 0 Å². The van der Waals surface area contributed by atoms with Crippen LogP contribution in [-0.2, 0) is 6.54 Å². The number of ether oxygens (including phenoxy) is 1. The highest BCUT2D eigenvalue weighted by atomic mass is 16.5. The van der Waals surface area contributed by atoms with E-state index in [9.17, 15) is 0 Å². The van der Waals surface area contributed by atoms with Gasteiger partial charge >= 0.3 is 6.01 Å². The zero-order valence-electron chi connectivity index (χ0n) is 11.3. The summed E-state index contributed by atoms with van der Waals surface area (Å²) >= 11 is 0. The lowest BCUT2D eigenvalue weighted by molar-refractivity contribution is 0.430. The third-order valence-electron chi connectivity index (χ3n) is 3.16. The lowest BCUT2D eigenvalue weighted by Gasteiger charge is -2.14. The average molecular weight is 257 g/mol. The molecule has 1 heterocycles. The largest absolute Gasteiger partial charge is 0.424 e. The molecule has 2 N–H and O–H groups in total. The Kier molecular flexibility index (Phi) is 4.47. The van der Waals surface area contributed by atoms with E-state index in [1.165, 1.54) is 5.56 Å². The molecule has 2 aromatic rings. The van der Waals surface area contributed by atoms with Gasteiger partial charge in [-0.25, -0.2) is 4.98 Å². The molecule has 0 fully saturated rings. The van der Waals surface area contributed by atoms with Crippen LogP contribution in [0.15, 0.2) is 36.5 Å². The summed E-state index contributed by atoms with van der Waals surface area (Å²) in [7, 11) is 0. The normalized spacial score (nSPS) is 12.2. The number of nitrogens with two attached hydrogens (primary N) is 1. The average Bonchev–Trinajstić information content (AvgIpc) is 2.47. The summed E-state index contributed by atoms with van der Waals surface area (Å²) in [6.07, 6.45) is 2.72. The van der Waals surface area contributed by atoms with Crippen LogP contribution in [0, 0.1) is 0 Å². The molecule has 0 radical (unpaired) electrons. The van der Waals surface area contributed by atoms with Gasteiger partial charge in [0.05, 0.1) is 5.69 Å². The molecule has 0 saturated heterocycles. The molecule has 4 heteroatoms. The van der Waals surface area contributed by atoms with Gasteiger partial charge in [0.15, 0.2) is 0 Å². The van der Waals surface area contributed by atoms with E-state index in [1.807, 2.05) is 18.2 Å².